The van der Waals surface area contributed by atoms with Crippen molar-refractivity contribution in [1.82, 2.24) is 0 Å². The van der Waals surface area contributed by atoms with Crippen LogP contribution in [0.3, 0.4) is 0 Å². The van der Waals surface area contributed by atoms with Crippen molar-refractivity contribution < 1.29 is 0 Å². The molecule has 0 N–H and O–H groups in total. The third kappa shape index (κ3) is 2.98. The Bertz CT molecular complexity index is 678. The zero-order chi connectivity index (χ0) is 14.8. The first-order chi connectivity index (χ1) is 10.2. The van der Waals surface area contributed by atoms with Crippen LogP contribution in [0.1, 0.15) is 43.4 Å². The van der Waals surface area contributed by atoms with Crippen LogP contribution in [0.15, 0.2) is 46.9 Å². The molecular formula is C20H21Br. The summed E-state index contributed by atoms with van der Waals surface area (Å²) in [5, 5.41) is 0. The van der Waals surface area contributed by atoms with Gasteiger partial charge in [-0.2, -0.15) is 0 Å². The fraction of sp³-hybridized carbons (Fsp3) is 0.300. The minimum Gasteiger partial charge on any atom is -0.0765 e. The van der Waals surface area contributed by atoms with Crippen molar-refractivity contribution in [1.29, 1.82) is 0 Å². The van der Waals surface area contributed by atoms with Gasteiger partial charge < -0.3 is 0 Å². The van der Waals surface area contributed by atoms with Crippen LogP contribution in [0.4, 0.5) is 0 Å². The highest BCUT2D eigenvalue weighted by Crippen LogP contribution is 2.37. The third-order valence-corrected chi connectivity index (χ3v) is 4.93. The minimum atomic E-state index is 1.06. The lowest BCUT2D eigenvalue weighted by Crippen LogP contribution is -1.89. The van der Waals surface area contributed by atoms with Crippen molar-refractivity contribution >= 4 is 21.5 Å². The molecule has 0 amide bonds. The number of unbranched alkanes of at least 4 members (excludes halogenated alkanes) is 1. The molecule has 0 radical (unpaired) electrons. The molecule has 0 saturated carbocycles. The average molecular weight is 341 g/mol. The van der Waals surface area contributed by atoms with Gasteiger partial charge in [0.1, 0.15) is 0 Å². The molecule has 0 saturated heterocycles. The van der Waals surface area contributed by atoms with Crippen molar-refractivity contribution in [2.75, 3.05) is 0 Å². The topological polar surface area (TPSA) is 0 Å². The molecule has 108 valence electrons. The fourth-order valence-corrected chi connectivity index (χ4v) is 3.86. The summed E-state index contributed by atoms with van der Waals surface area (Å²) < 4.78 is 1.22. The summed E-state index contributed by atoms with van der Waals surface area (Å²) in [6, 6.07) is 13.7. The van der Waals surface area contributed by atoms with E-state index >= 15 is 0 Å². The van der Waals surface area contributed by atoms with Gasteiger partial charge in [-0.15, -0.1) is 0 Å². The summed E-state index contributed by atoms with van der Waals surface area (Å²) in [7, 11) is 0. The first-order valence-electron chi connectivity index (χ1n) is 7.78. The molecule has 2 aromatic rings. The van der Waals surface area contributed by atoms with Crippen molar-refractivity contribution in [3.8, 4) is 11.1 Å². The van der Waals surface area contributed by atoms with E-state index in [1.807, 2.05) is 0 Å². The Balaban J connectivity index is 1.90. The summed E-state index contributed by atoms with van der Waals surface area (Å²) >= 11 is 3.74. The van der Waals surface area contributed by atoms with Crippen LogP contribution < -0.4 is 0 Å². The molecule has 0 spiro atoms. The lowest BCUT2D eigenvalue weighted by atomic mass is 9.97. The number of aryl methyl sites for hydroxylation is 1. The number of hydrogen-bond acceptors (Lipinski definition) is 0. The Morgan fingerprint density at radius 3 is 2.52 bits per heavy atom. The lowest BCUT2D eigenvalue weighted by molar-refractivity contribution is 0.795. The summed E-state index contributed by atoms with van der Waals surface area (Å²) in [6.07, 6.45) is 7.09. The molecule has 2 aromatic carbocycles. The second-order valence-corrected chi connectivity index (χ2v) is 6.74. The van der Waals surface area contributed by atoms with Gasteiger partial charge in [-0.05, 0) is 65.6 Å². The van der Waals surface area contributed by atoms with Crippen LogP contribution in [-0.4, -0.2) is 0 Å². The average Bonchev–Trinajstić information content (AvgIpc) is 2.87. The molecule has 0 fully saturated rings. The third-order valence-electron chi connectivity index (χ3n) is 4.30. The van der Waals surface area contributed by atoms with Crippen LogP contribution >= 0.6 is 15.9 Å². The lowest BCUT2D eigenvalue weighted by Gasteiger charge is -2.10. The van der Waals surface area contributed by atoms with E-state index in [1.165, 1.54) is 57.1 Å². The second-order valence-electron chi connectivity index (χ2n) is 5.88. The van der Waals surface area contributed by atoms with E-state index in [1.54, 1.807) is 0 Å². The van der Waals surface area contributed by atoms with Gasteiger partial charge in [-0.25, -0.2) is 0 Å². The molecule has 1 heteroatoms. The Morgan fingerprint density at radius 2 is 1.81 bits per heavy atom. The number of halogens is 1. The van der Waals surface area contributed by atoms with Crippen molar-refractivity contribution in [3.63, 3.8) is 0 Å². The minimum absolute atomic E-state index is 1.06. The summed E-state index contributed by atoms with van der Waals surface area (Å²) in [5.41, 5.74) is 8.27. The zero-order valence-electron chi connectivity index (χ0n) is 12.7. The molecule has 0 heterocycles. The van der Waals surface area contributed by atoms with Gasteiger partial charge in [0.2, 0.25) is 0 Å². The Morgan fingerprint density at radius 1 is 1.05 bits per heavy atom. The predicted molar refractivity (Wildman–Crippen MR) is 95.5 cm³/mol. The van der Waals surface area contributed by atoms with Gasteiger partial charge in [-0.3, -0.25) is 0 Å². The quantitative estimate of drug-likeness (QED) is 0.602. The maximum atomic E-state index is 3.74. The number of rotatable bonds is 4. The number of hydrogen-bond donors (Lipinski definition) is 0. The van der Waals surface area contributed by atoms with E-state index in [-0.39, 0.29) is 0 Å². The second kappa shape index (κ2) is 6.19. The SMILES string of the molecule is CCCCc1ccc(-c2cc(Br)c3c(c2)CC=C3C)cc1. The van der Waals surface area contributed by atoms with Crippen LogP contribution in [0.2, 0.25) is 0 Å². The highest BCUT2D eigenvalue weighted by molar-refractivity contribution is 9.10. The maximum Gasteiger partial charge on any atom is 0.0259 e. The normalized spacial score (nSPS) is 13.2. The van der Waals surface area contributed by atoms with Gasteiger partial charge in [0, 0.05) is 4.47 Å². The van der Waals surface area contributed by atoms with E-state index in [0.29, 0.717) is 0 Å². The van der Waals surface area contributed by atoms with E-state index in [9.17, 15) is 0 Å². The molecule has 1 aliphatic rings. The molecule has 0 atom stereocenters. The molecule has 3 rings (SSSR count). The van der Waals surface area contributed by atoms with Crippen LogP contribution in [0.25, 0.3) is 16.7 Å². The van der Waals surface area contributed by atoms with Crippen LogP contribution in [0.5, 0.6) is 0 Å². The molecule has 21 heavy (non-hydrogen) atoms. The zero-order valence-corrected chi connectivity index (χ0v) is 14.3. The van der Waals surface area contributed by atoms with E-state index in [0.717, 1.165) is 6.42 Å². The Hall–Kier alpha value is -1.34. The van der Waals surface area contributed by atoms with Gasteiger partial charge in [0.25, 0.3) is 0 Å². The number of benzene rings is 2. The first kappa shape index (κ1) is 14.6. The number of allylic oxidation sites excluding steroid dienone is 2. The molecule has 0 unspecified atom stereocenters. The fourth-order valence-electron chi connectivity index (χ4n) is 3.04. The largest absolute Gasteiger partial charge is 0.0765 e. The molecular weight excluding hydrogens is 320 g/mol. The van der Waals surface area contributed by atoms with Gasteiger partial charge in [-0.1, -0.05) is 65.7 Å². The summed E-state index contributed by atoms with van der Waals surface area (Å²) in [4.78, 5) is 0. The van der Waals surface area contributed by atoms with E-state index in [4.69, 9.17) is 0 Å². The monoisotopic (exact) mass is 340 g/mol. The van der Waals surface area contributed by atoms with Crippen LogP contribution in [-0.2, 0) is 12.8 Å². The van der Waals surface area contributed by atoms with Crippen molar-refractivity contribution in [3.05, 3.63) is 63.6 Å². The van der Waals surface area contributed by atoms with Crippen molar-refractivity contribution in [2.24, 2.45) is 0 Å². The smallest absolute Gasteiger partial charge is 0.0259 e. The van der Waals surface area contributed by atoms with Crippen molar-refractivity contribution in [2.45, 2.75) is 39.5 Å². The molecule has 0 aromatic heterocycles. The van der Waals surface area contributed by atoms with Gasteiger partial charge >= 0.3 is 0 Å². The van der Waals surface area contributed by atoms with Gasteiger partial charge in [0.15, 0.2) is 0 Å². The number of fused-ring (bicyclic) bond motifs is 1. The first-order valence-corrected chi connectivity index (χ1v) is 8.57. The van der Waals surface area contributed by atoms with E-state index in [2.05, 4.69) is 72.3 Å². The molecule has 0 aliphatic heterocycles. The predicted octanol–water partition coefficient (Wildman–Crippen LogP) is 6.42. The summed E-state index contributed by atoms with van der Waals surface area (Å²) in [6.45, 7) is 4.44. The van der Waals surface area contributed by atoms with Gasteiger partial charge in [0.05, 0.1) is 0 Å². The van der Waals surface area contributed by atoms with E-state index < -0.39 is 0 Å². The standard InChI is InChI=1S/C20H21Br/c1-3-4-5-15-7-10-16(11-8-15)18-12-17-9-6-14(2)20(17)19(21)13-18/h6-8,10-13H,3-5,9H2,1-2H3. The molecule has 0 nitrogen and oxygen atoms in total. The maximum absolute atomic E-state index is 3.74. The molecule has 1 aliphatic carbocycles. The highest BCUT2D eigenvalue weighted by atomic mass is 79.9. The molecule has 0 bridgehead atoms. The Kier molecular flexibility index (Phi) is 4.30. The highest BCUT2D eigenvalue weighted by Gasteiger charge is 2.15. The van der Waals surface area contributed by atoms with Crippen LogP contribution in [0, 0.1) is 0 Å². The summed E-state index contributed by atoms with van der Waals surface area (Å²) in [5.74, 6) is 0. The Labute approximate surface area is 136 Å².